The Balaban J connectivity index is 0.000000180. The molecule has 18 heavy (non-hydrogen) atoms. The van der Waals surface area contributed by atoms with E-state index < -0.39 is 0 Å². The number of hydrogen-bond donors (Lipinski definition) is 1. The Morgan fingerprint density at radius 3 is 1.83 bits per heavy atom. The molecule has 0 radical (unpaired) electrons. The van der Waals surface area contributed by atoms with Crippen molar-refractivity contribution in [2.75, 3.05) is 5.73 Å². The van der Waals surface area contributed by atoms with Gasteiger partial charge in [-0.1, -0.05) is 54.0 Å². The van der Waals surface area contributed by atoms with Gasteiger partial charge < -0.3 is 5.73 Å². The number of nitrogen functional groups attached to an aromatic ring is 1. The molecule has 0 saturated carbocycles. The van der Waals surface area contributed by atoms with Gasteiger partial charge in [0, 0.05) is 10.2 Å². The highest BCUT2D eigenvalue weighted by molar-refractivity contribution is 9.10. The smallest absolute Gasteiger partial charge is 0.0316 e. The maximum absolute atomic E-state index is 5.53. The maximum Gasteiger partial charge on any atom is 0.0316 e. The van der Waals surface area contributed by atoms with E-state index >= 15 is 0 Å². The van der Waals surface area contributed by atoms with E-state index in [9.17, 15) is 0 Å². The van der Waals surface area contributed by atoms with E-state index in [-0.39, 0.29) is 0 Å². The third-order valence-electron chi connectivity index (χ3n) is 2.66. The maximum atomic E-state index is 5.53. The molecular formula is C16H20BrN. The number of halogens is 1. The van der Waals surface area contributed by atoms with Crippen LogP contribution in [0.4, 0.5) is 5.69 Å². The first kappa shape index (κ1) is 14.8. The fourth-order valence-electron chi connectivity index (χ4n) is 1.57. The van der Waals surface area contributed by atoms with Gasteiger partial charge in [0.2, 0.25) is 0 Å². The first-order chi connectivity index (χ1) is 8.65. The topological polar surface area (TPSA) is 26.0 Å². The van der Waals surface area contributed by atoms with E-state index in [0.29, 0.717) is 0 Å². The van der Waals surface area contributed by atoms with Crippen molar-refractivity contribution >= 4 is 21.6 Å². The molecule has 0 bridgehead atoms. The number of aryl methyl sites for hydroxylation is 2. The van der Waals surface area contributed by atoms with Gasteiger partial charge in [-0.3, -0.25) is 0 Å². The predicted octanol–water partition coefficient (Wildman–Crippen LogP) is 4.84. The molecule has 0 saturated heterocycles. The molecule has 0 aliphatic rings. The number of rotatable bonds is 2. The van der Waals surface area contributed by atoms with Crippen LogP contribution in [0.5, 0.6) is 0 Å². The van der Waals surface area contributed by atoms with Crippen LogP contribution in [0.1, 0.15) is 25.0 Å². The van der Waals surface area contributed by atoms with Crippen LogP contribution in [0.15, 0.2) is 53.0 Å². The van der Waals surface area contributed by atoms with Gasteiger partial charge in [-0.25, -0.2) is 0 Å². The summed E-state index contributed by atoms with van der Waals surface area (Å²) in [7, 11) is 0. The van der Waals surface area contributed by atoms with Crippen LogP contribution in [0.3, 0.4) is 0 Å². The molecular weight excluding hydrogens is 286 g/mol. The van der Waals surface area contributed by atoms with Gasteiger partial charge in [-0.2, -0.15) is 0 Å². The second-order valence-corrected chi connectivity index (χ2v) is 5.00. The molecule has 0 unspecified atom stereocenters. The Morgan fingerprint density at radius 1 is 0.889 bits per heavy atom. The van der Waals surface area contributed by atoms with E-state index in [2.05, 4.69) is 54.0 Å². The molecule has 0 aromatic heterocycles. The van der Waals surface area contributed by atoms with Crippen LogP contribution < -0.4 is 5.73 Å². The second-order valence-electron chi connectivity index (χ2n) is 4.08. The third-order valence-corrected chi connectivity index (χ3v) is 3.15. The van der Waals surface area contributed by atoms with Crippen molar-refractivity contribution in [2.24, 2.45) is 0 Å². The zero-order valence-corrected chi connectivity index (χ0v) is 12.6. The molecule has 0 aliphatic heterocycles. The van der Waals surface area contributed by atoms with E-state index in [1.165, 1.54) is 15.6 Å². The molecule has 0 heterocycles. The number of nitrogens with two attached hydrogens (primary N) is 1. The van der Waals surface area contributed by atoms with Crippen LogP contribution in [0.2, 0.25) is 0 Å². The lowest BCUT2D eigenvalue weighted by atomic mass is 10.1. The van der Waals surface area contributed by atoms with E-state index in [1.54, 1.807) is 0 Å². The molecule has 2 heteroatoms. The molecule has 2 N–H and O–H groups in total. The van der Waals surface area contributed by atoms with E-state index in [0.717, 1.165) is 18.5 Å². The Kier molecular flexibility index (Phi) is 6.51. The highest BCUT2D eigenvalue weighted by Gasteiger charge is 1.87. The van der Waals surface area contributed by atoms with Crippen molar-refractivity contribution in [3.8, 4) is 0 Å². The van der Waals surface area contributed by atoms with Crippen LogP contribution >= 0.6 is 15.9 Å². The van der Waals surface area contributed by atoms with Crippen molar-refractivity contribution in [2.45, 2.75) is 26.7 Å². The Labute approximate surface area is 118 Å². The summed E-state index contributed by atoms with van der Waals surface area (Å²) in [4.78, 5) is 0. The van der Waals surface area contributed by atoms with Gasteiger partial charge >= 0.3 is 0 Å². The zero-order chi connectivity index (χ0) is 13.4. The molecule has 2 aromatic rings. The molecule has 0 amide bonds. The van der Waals surface area contributed by atoms with Gasteiger partial charge in [0.15, 0.2) is 0 Å². The lowest BCUT2D eigenvalue weighted by Crippen LogP contribution is -1.85. The normalized spacial score (nSPS) is 9.50. The lowest BCUT2D eigenvalue weighted by molar-refractivity contribution is 1.14. The molecule has 0 spiro atoms. The predicted molar refractivity (Wildman–Crippen MR) is 83.8 cm³/mol. The highest BCUT2D eigenvalue weighted by atomic mass is 79.9. The Bertz CT molecular complexity index is 435. The summed E-state index contributed by atoms with van der Waals surface area (Å²) in [5.74, 6) is 0. The summed E-state index contributed by atoms with van der Waals surface area (Å²) in [6.07, 6.45) is 2.17. The SMILES string of the molecule is CCc1cccc(Br)c1.CCc1cccc(N)c1. The van der Waals surface area contributed by atoms with Crippen molar-refractivity contribution < 1.29 is 0 Å². The summed E-state index contributed by atoms with van der Waals surface area (Å²) in [6, 6.07) is 16.3. The van der Waals surface area contributed by atoms with Crippen LogP contribution in [-0.4, -0.2) is 0 Å². The molecule has 96 valence electrons. The van der Waals surface area contributed by atoms with Crippen molar-refractivity contribution in [3.05, 3.63) is 64.1 Å². The quantitative estimate of drug-likeness (QED) is 0.789. The number of benzene rings is 2. The van der Waals surface area contributed by atoms with Gasteiger partial charge in [0.05, 0.1) is 0 Å². The number of anilines is 1. The standard InChI is InChI=1S/C8H9Br.C8H11N/c2*1-2-7-4-3-5-8(9)6-7/h3-6H,2H2,1H3;3-6H,2,9H2,1H3. The molecule has 1 nitrogen and oxygen atoms in total. The molecule has 0 atom stereocenters. The van der Waals surface area contributed by atoms with Crippen molar-refractivity contribution in [3.63, 3.8) is 0 Å². The summed E-state index contributed by atoms with van der Waals surface area (Å²) in [6.45, 7) is 4.27. The van der Waals surface area contributed by atoms with E-state index in [1.807, 2.05) is 24.3 Å². The third kappa shape index (κ3) is 5.37. The average Bonchev–Trinajstić information content (AvgIpc) is 2.39. The summed E-state index contributed by atoms with van der Waals surface area (Å²) in [5, 5.41) is 0. The Hall–Kier alpha value is -1.28. The van der Waals surface area contributed by atoms with Crippen LogP contribution in [-0.2, 0) is 12.8 Å². The molecule has 0 aliphatic carbocycles. The van der Waals surface area contributed by atoms with Crippen molar-refractivity contribution in [1.29, 1.82) is 0 Å². The van der Waals surface area contributed by atoms with Crippen molar-refractivity contribution in [1.82, 2.24) is 0 Å². The molecule has 2 aromatic carbocycles. The average molecular weight is 306 g/mol. The first-order valence-electron chi connectivity index (χ1n) is 6.24. The largest absolute Gasteiger partial charge is 0.399 e. The fourth-order valence-corrected chi connectivity index (χ4v) is 2.02. The van der Waals surface area contributed by atoms with E-state index in [4.69, 9.17) is 5.73 Å². The molecule has 0 fully saturated rings. The summed E-state index contributed by atoms with van der Waals surface area (Å²) in [5.41, 5.74) is 9.07. The van der Waals surface area contributed by atoms with Crippen LogP contribution in [0, 0.1) is 0 Å². The van der Waals surface area contributed by atoms with Gasteiger partial charge in [-0.15, -0.1) is 0 Å². The fraction of sp³-hybridized carbons (Fsp3) is 0.250. The first-order valence-corrected chi connectivity index (χ1v) is 7.03. The van der Waals surface area contributed by atoms with Gasteiger partial charge in [-0.05, 0) is 48.2 Å². The lowest BCUT2D eigenvalue weighted by Gasteiger charge is -1.95. The van der Waals surface area contributed by atoms with Crippen LogP contribution in [0.25, 0.3) is 0 Å². The zero-order valence-electron chi connectivity index (χ0n) is 11.0. The number of hydrogen-bond acceptors (Lipinski definition) is 1. The minimum Gasteiger partial charge on any atom is -0.399 e. The van der Waals surface area contributed by atoms with Gasteiger partial charge in [0.25, 0.3) is 0 Å². The summed E-state index contributed by atoms with van der Waals surface area (Å²) < 4.78 is 1.17. The minimum atomic E-state index is 0.856. The minimum absolute atomic E-state index is 0.856. The highest BCUT2D eigenvalue weighted by Crippen LogP contribution is 2.11. The monoisotopic (exact) mass is 305 g/mol. The molecule has 2 rings (SSSR count). The van der Waals surface area contributed by atoms with Gasteiger partial charge in [0.1, 0.15) is 0 Å². The second kappa shape index (κ2) is 7.93. The summed E-state index contributed by atoms with van der Waals surface area (Å²) >= 11 is 3.40. The Morgan fingerprint density at radius 2 is 1.44 bits per heavy atom.